The minimum absolute atomic E-state index is 0.122. The summed E-state index contributed by atoms with van der Waals surface area (Å²) in [7, 11) is -0.626. The van der Waals surface area contributed by atoms with Crippen molar-refractivity contribution in [3.63, 3.8) is 0 Å². The van der Waals surface area contributed by atoms with Gasteiger partial charge in [-0.15, -0.1) is 0 Å². The van der Waals surface area contributed by atoms with Gasteiger partial charge in [0.25, 0.3) is 0 Å². The van der Waals surface area contributed by atoms with Crippen molar-refractivity contribution in [2.24, 2.45) is 18.9 Å². The highest BCUT2D eigenvalue weighted by Gasteiger charge is 2.36. The topological polar surface area (TPSA) is 88.7 Å². The van der Waals surface area contributed by atoms with Crippen LogP contribution in [0.4, 0.5) is 0 Å². The predicted molar refractivity (Wildman–Crippen MR) is 128 cm³/mol. The molecule has 2 heterocycles. The lowest BCUT2D eigenvalue weighted by Gasteiger charge is -2.33. The van der Waals surface area contributed by atoms with Gasteiger partial charge in [0.1, 0.15) is 11.6 Å². The molecule has 0 saturated carbocycles. The number of benzene rings is 1. The number of carbonyl (C=O) groups excluding carboxylic acids is 1. The highest BCUT2D eigenvalue weighted by Crippen LogP contribution is 2.25. The quantitative estimate of drug-likeness (QED) is 0.448. The van der Waals surface area contributed by atoms with Gasteiger partial charge in [-0.3, -0.25) is 4.79 Å². The number of amides is 1. The number of rotatable bonds is 10. The van der Waals surface area contributed by atoms with Gasteiger partial charge in [-0.25, -0.2) is 13.4 Å². The van der Waals surface area contributed by atoms with Crippen LogP contribution in [0.5, 0.6) is 0 Å². The van der Waals surface area contributed by atoms with Crippen molar-refractivity contribution in [3.8, 4) is 0 Å². The Bertz CT molecular complexity index is 1190. The predicted octanol–water partition coefficient (Wildman–Crippen LogP) is 3.54. The number of aromatic nitrogens is 2. The second-order valence-electron chi connectivity index (χ2n) is 9.42. The molecule has 1 aromatic carbocycles. The maximum absolute atomic E-state index is 13.8. The third-order valence-corrected chi connectivity index (χ3v) is 7.33. The molecule has 0 aliphatic rings. The summed E-state index contributed by atoms with van der Waals surface area (Å²) < 4.78 is 35.5. The van der Waals surface area contributed by atoms with Gasteiger partial charge in [-0.2, -0.15) is 4.31 Å². The van der Waals surface area contributed by atoms with Crippen LogP contribution >= 0.6 is 0 Å². The van der Waals surface area contributed by atoms with E-state index in [1.54, 1.807) is 34.0 Å². The van der Waals surface area contributed by atoms with E-state index >= 15 is 0 Å². The smallest absolute Gasteiger partial charge is 0.243 e. The fraction of sp³-hybridized carbons (Fsp3) is 0.500. The molecule has 0 unspecified atom stereocenters. The zero-order valence-corrected chi connectivity index (χ0v) is 21.0. The summed E-state index contributed by atoms with van der Waals surface area (Å²) in [6, 6.07) is 5.53. The van der Waals surface area contributed by atoms with Crippen molar-refractivity contribution in [2.75, 3.05) is 20.1 Å². The maximum Gasteiger partial charge on any atom is 0.243 e. The first-order valence-corrected chi connectivity index (χ1v) is 12.6. The van der Waals surface area contributed by atoms with Crippen LogP contribution in [0.15, 0.2) is 52.4 Å². The molecule has 180 valence electrons. The fourth-order valence-electron chi connectivity index (χ4n) is 3.93. The molecule has 2 aromatic heterocycles. The molecule has 0 saturated heterocycles. The fourth-order valence-corrected chi connectivity index (χ4v) is 5.28. The highest BCUT2D eigenvalue weighted by atomic mass is 32.2. The molecule has 1 amide bonds. The van der Waals surface area contributed by atoms with Gasteiger partial charge in [0.15, 0.2) is 0 Å². The number of hydrogen-bond acceptors (Lipinski definition) is 5. The Morgan fingerprint density at radius 1 is 1.12 bits per heavy atom. The number of sulfonamides is 1. The standard InChI is InChI=1S/C24H34N4O4S/c1-17(2)13-28(14-18(3)4)24(29)22(12-20-15-26(5)16-25-20)27(6)33(30,31)21-7-8-23-19(11-21)9-10-32-23/h7-11,15-18,22H,12-14H2,1-6H3/t22-/m0/s1. The van der Waals surface area contributed by atoms with Crippen LogP contribution in [0.25, 0.3) is 11.0 Å². The minimum atomic E-state index is -3.95. The lowest BCUT2D eigenvalue weighted by molar-refractivity contribution is -0.136. The molecule has 8 nitrogen and oxygen atoms in total. The molecule has 0 bridgehead atoms. The van der Waals surface area contributed by atoms with Crippen LogP contribution in [-0.4, -0.2) is 59.3 Å². The third kappa shape index (κ3) is 5.83. The van der Waals surface area contributed by atoms with E-state index in [0.29, 0.717) is 29.8 Å². The van der Waals surface area contributed by atoms with Crippen LogP contribution in [0.2, 0.25) is 0 Å². The molecular formula is C24H34N4O4S. The Kier molecular flexibility index (Phi) is 7.64. The Labute approximate surface area is 196 Å². The van der Waals surface area contributed by atoms with Crippen LogP contribution in [0.3, 0.4) is 0 Å². The number of carbonyl (C=O) groups is 1. The van der Waals surface area contributed by atoms with Crippen molar-refractivity contribution in [2.45, 2.75) is 45.1 Å². The van der Waals surface area contributed by atoms with Gasteiger partial charge in [0.2, 0.25) is 15.9 Å². The zero-order chi connectivity index (χ0) is 24.3. The van der Waals surface area contributed by atoms with E-state index in [-0.39, 0.29) is 29.1 Å². The monoisotopic (exact) mass is 474 g/mol. The molecular weight excluding hydrogens is 440 g/mol. The maximum atomic E-state index is 13.8. The highest BCUT2D eigenvalue weighted by molar-refractivity contribution is 7.89. The number of likely N-dealkylation sites (N-methyl/N-ethyl adjacent to an activating group) is 1. The second kappa shape index (κ2) is 10.1. The van der Waals surface area contributed by atoms with E-state index in [1.165, 1.54) is 23.7 Å². The Morgan fingerprint density at radius 2 is 1.79 bits per heavy atom. The Balaban J connectivity index is 2.00. The first-order chi connectivity index (χ1) is 15.5. The summed E-state index contributed by atoms with van der Waals surface area (Å²) in [5.74, 6) is 0.306. The van der Waals surface area contributed by atoms with E-state index in [0.717, 1.165) is 0 Å². The lowest BCUT2D eigenvalue weighted by atomic mass is 10.1. The lowest BCUT2D eigenvalue weighted by Crippen LogP contribution is -2.52. The van der Waals surface area contributed by atoms with Crippen molar-refractivity contribution in [3.05, 3.63) is 48.7 Å². The van der Waals surface area contributed by atoms with Gasteiger partial charge < -0.3 is 13.9 Å². The molecule has 33 heavy (non-hydrogen) atoms. The molecule has 0 N–H and O–H groups in total. The Hall–Kier alpha value is -2.65. The molecule has 0 aliphatic heterocycles. The number of nitrogens with zero attached hydrogens (tertiary/aromatic N) is 4. The van der Waals surface area contributed by atoms with Crippen LogP contribution < -0.4 is 0 Å². The summed E-state index contributed by atoms with van der Waals surface area (Å²) in [6.45, 7) is 9.32. The normalized spacial score (nSPS) is 13.4. The number of hydrogen-bond donors (Lipinski definition) is 0. The average molecular weight is 475 g/mol. The number of aryl methyl sites for hydroxylation is 1. The van der Waals surface area contributed by atoms with Gasteiger partial charge in [-0.1, -0.05) is 27.7 Å². The van der Waals surface area contributed by atoms with Crippen LogP contribution in [0.1, 0.15) is 33.4 Å². The summed E-state index contributed by atoms with van der Waals surface area (Å²) in [5, 5.41) is 0.693. The van der Waals surface area contributed by atoms with E-state index in [1.807, 2.05) is 13.2 Å². The zero-order valence-electron chi connectivity index (χ0n) is 20.2. The average Bonchev–Trinajstić information content (AvgIpc) is 3.37. The van der Waals surface area contributed by atoms with E-state index in [4.69, 9.17) is 4.42 Å². The largest absolute Gasteiger partial charge is 0.464 e. The van der Waals surface area contributed by atoms with Crippen molar-refractivity contribution in [1.82, 2.24) is 18.8 Å². The summed E-state index contributed by atoms with van der Waals surface area (Å²) in [5.41, 5.74) is 1.27. The Morgan fingerprint density at radius 3 is 2.36 bits per heavy atom. The molecule has 3 rings (SSSR count). The van der Waals surface area contributed by atoms with Gasteiger partial charge in [0, 0.05) is 45.2 Å². The van der Waals surface area contributed by atoms with Crippen LogP contribution in [-0.2, 0) is 28.3 Å². The second-order valence-corrected chi connectivity index (χ2v) is 11.4. The molecule has 0 aliphatic carbocycles. The minimum Gasteiger partial charge on any atom is -0.464 e. The third-order valence-electron chi connectivity index (χ3n) is 5.47. The number of fused-ring (bicyclic) bond motifs is 1. The summed E-state index contributed by atoms with van der Waals surface area (Å²) in [6.07, 6.45) is 5.18. The van der Waals surface area contributed by atoms with Crippen molar-refractivity contribution in [1.29, 1.82) is 0 Å². The van der Waals surface area contributed by atoms with Crippen molar-refractivity contribution >= 4 is 26.9 Å². The molecule has 0 fully saturated rings. The number of imidazole rings is 1. The molecule has 0 radical (unpaired) electrons. The van der Waals surface area contributed by atoms with E-state index < -0.39 is 16.1 Å². The first-order valence-electron chi connectivity index (χ1n) is 11.2. The molecule has 0 spiro atoms. The molecule has 3 aromatic rings. The number of furan rings is 1. The summed E-state index contributed by atoms with van der Waals surface area (Å²) >= 11 is 0. The van der Waals surface area contributed by atoms with Gasteiger partial charge in [0.05, 0.1) is 23.2 Å². The van der Waals surface area contributed by atoms with E-state index in [2.05, 4.69) is 32.7 Å². The van der Waals surface area contributed by atoms with Crippen LogP contribution in [0, 0.1) is 11.8 Å². The summed E-state index contributed by atoms with van der Waals surface area (Å²) in [4.78, 5) is 20.0. The SMILES string of the molecule is CC(C)CN(CC(C)C)C(=O)[C@H](Cc1cn(C)cn1)N(C)S(=O)(=O)c1ccc2occc2c1. The van der Waals surface area contributed by atoms with Crippen molar-refractivity contribution < 1.29 is 17.6 Å². The first kappa shape index (κ1) is 25.0. The van der Waals surface area contributed by atoms with E-state index in [9.17, 15) is 13.2 Å². The molecule has 9 heteroatoms. The molecule has 1 atom stereocenters. The van der Waals surface area contributed by atoms with Gasteiger partial charge >= 0.3 is 0 Å². The van der Waals surface area contributed by atoms with Gasteiger partial charge in [-0.05, 0) is 36.1 Å².